The molecule has 0 aliphatic carbocycles. The van der Waals surface area contributed by atoms with Gasteiger partial charge in [0.05, 0.1) is 7.11 Å². The van der Waals surface area contributed by atoms with Gasteiger partial charge in [-0.25, -0.2) is 14.2 Å². The van der Waals surface area contributed by atoms with Crippen molar-refractivity contribution in [3.63, 3.8) is 0 Å². The molecule has 31 heavy (non-hydrogen) atoms. The first-order valence-electron chi connectivity index (χ1n) is 10.1. The van der Waals surface area contributed by atoms with Crippen molar-refractivity contribution in [2.45, 2.75) is 52.7 Å². The highest BCUT2D eigenvalue weighted by molar-refractivity contribution is 5.98. The fraction of sp³-hybridized carbons (Fsp3) is 0.435. The van der Waals surface area contributed by atoms with Gasteiger partial charge in [0.1, 0.15) is 18.0 Å². The van der Waals surface area contributed by atoms with E-state index in [1.54, 1.807) is 33.8 Å². The number of hydrogen-bond acceptors (Lipinski definition) is 6. The first-order chi connectivity index (χ1) is 14.6. The Balaban J connectivity index is 2.14. The standard InChI is InChI=1S/C23H29FN2O5/c1-12(2)19(26-22(28)20-21(27)18(30-6)9-10-25-20)23(29)31-15(5)14(4)17-8-7-16(24)11-13(17)3/h7-12,14-15,19,27H,1-6H3,(H,26,28)/t14-,15-,19-/m0/s1. The van der Waals surface area contributed by atoms with Gasteiger partial charge in [-0.15, -0.1) is 0 Å². The zero-order valence-electron chi connectivity index (χ0n) is 18.6. The molecule has 1 amide bonds. The van der Waals surface area contributed by atoms with Crippen LogP contribution in [0.25, 0.3) is 0 Å². The van der Waals surface area contributed by atoms with Crippen LogP contribution in [0.4, 0.5) is 4.39 Å². The van der Waals surface area contributed by atoms with Crippen molar-refractivity contribution in [3.05, 3.63) is 53.1 Å². The van der Waals surface area contributed by atoms with Crippen LogP contribution < -0.4 is 10.1 Å². The second-order valence-corrected chi connectivity index (χ2v) is 7.84. The molecule has 2 N–H and O–H groups in total. The highest BCUT2D eigenvalue weighted by Crippen LogP contribution is 2.28. The Morgan fingerprint density at radius 1 is 1.16 bits per heavy atom. The summed E-state index contributed by atoms with van der Waals surface area (Å²) in [4.78, 5) is 29.4. The van der Waals surface area contributed by atoms with Crippen molar-refractivity contribution in [1.82, 2.24) is 10.3 Å². The van der Waals surface area contributed by atoms with Crippen LogP contribution in [-0.2, 0) is 9.53 Å². The molecule has 168 valence electrons. The molecule has 0 aliphatic rings. The number of hydrogen-bond donors (Lipinski definition) is 2. The van der Waals surface area contributed by atoms with Crippen LogP contribution in [0.5, 0.6) is 11.5 Å². The average Bonchev–Trinajstić information content (AvgIpc) is 2.71. The van der Waals surface area contributed by atoms with E-state index in [9.17, 15) is 19.1 Å². The normalized spacial score (nSPS) is 13.9. The fourth-order valence-electron chi connectivity index (χ4n) is 3.24. The zero-order valence-corrected chi connectivity index (χ0v) is 18.6. The van der Waals surface area contributed by atoms with Gasteiger partial charge < -0.3 is 19.9 Å². The van der Waals surface area contributed by atoms with Crippen LogP contribution in [0.2, 0.25) is 0 Å². The van der Waals surface area contributed by atoms with E-state index < -0.39 is 29.8 Å². The molecule has 2 aromatic rings. The Hall–Kier alpha value is -3.16. The first kappa shape index (κ1) is 24.1. The number of nitrogens with zero attached hydrogens (tertiary/aromatic N) is 1. The molecule has 0 radical (unpaired) electrons. The average molecular weight is 432 g/mol. The topological polar surface area (TPSA) is 97.8 Å². The maximum absolute atomic E-state index is 13.4. The van der Waals surface area contributed by atoms with Crippen LogP contribution in [-0.4, -0.2) is 41.2 Å². The number of aryl methyl sites for hydroxylation is 1. The van der Waals surface area contributed by atoms with Crippen molar-refractivity contribution in [2.24, 2.45) is 5.92 Å². The van der Waals surface area contributed by atoms with E-state index in [0.29, 0.717) is 0 Å². The monoisotopic (exact) mass is 432 g/mol. The lowest BCUT2D eigenvalue weighted by Gasteiger charge is -2.26. The van der Waals surface area contributed by atoms with E-state index in [1.165, 1.54) is 31.5 Å². The van der Waals surface area contributed by atoms with E-state index in [-0.39, 0.29) is 29.1 Å². The number of amides is 1. The van der Waals surface area contributed by atoms with E-state index >= 15 is 0 Å². The Labute approximate surface area is 181 Å². The number of esters is 1. The molecule has 0 unspecified atom stereocenters. The molecular weight excluding hydrogens is 403 g/mol. The predicted octanol–water partition coefficient (Wildman–Crippen LogP) is 3.73. The van der Waals surface area contributed by atoms with Crippen molar-refractivity contribution in [3.8, 4) is 11.5 Å². The minimum Gasteiger partial charge on any atom is -0.503 e. The highest BCUT2D eigenvalue weighted by Gasteiger charge is 2.31. The van der Waals surface area contributed by atoms with Gasteiger partial charge in [-0.05, 0) is 43.0 Å². The summed E-state index contributed by atoms with van der Waals surface area (Å²) >= 11 is 0. The molecule has 0 bridgehead atoms. The summed E-state index contributed by atoms with van der Waals surface area (Å²) in [5, 5.41) is 12.7. The summed E-state index contributed by atoms with van der Waals surface area (Å²) in [6, 6.07) is 4.95. The van der Waals surface area contributed by atoms with E-state index in [1.807, 2.05) is 6.92 Å². The molecular formula is C23H29FN2O5. The summed E-state index contributed by atoms with van der Waals surface area (Å²) < 4.78 is 24.0. The minimum atomic E-state index is -0.955. The molecule has 8 heteroatoms. The predicted molar refractivity (Wildman–Crippen MR) is 114 cm³/mol. The third-order valence-corrected chi connectivity index (χ3v) is 5.26. The molecule has 7 nitrogen and oxygen atoms in total. The number of aromatic nitrogens is 1. The molecule has 2 rings (SSSR count). The van der Waals surface area contributed by atoms with Gasteiger partial charge in [0.25, 0.3) is 5.91 Å². The fourth-order valence-corrected chi connectivity index (χ4v) is 3.24. The minimum absolute atomic E-state index is 0.0981. The summed E-state index contributed by atoms with van der Waals surface area (Å²) in [6.07, 6.45) is 0.809. The van der Waals surface area contributed by atoms with Crippen molar-refractivity contribution in [1.29, 1.82) is 0 Å². The van der Waals surface area contributed by atoms with Gasteiger partial charge in [0.15, 0.2) is 17.2 Å². The van der Waals surface area contributed by atoms with Gasteiger partial charge in [0, 0.05) is 18.2 Å². The number of pyridine rings is 1. The number of nitrogens with one attached hydrogen (secondary N) is 1. The van der Waals surface area contributed by atoms with Crippen LogP contribution >= 0.6 is 0 Å². The summed E-state index contributed by atoms with van der Waals surface area (Å²) in [6.45, 7) is 8.97. The molecule has 3 atom stereocenters. The van der Waals surface area contributed by atoms with Crippen molar-refractivity contribution in [2.75, 3.05) is 7.11 Å². The Morgan fingerprint density at radius 3 is 2.42 bits per heavy atom. The maximum Gasteiger partial charge on any atom is 0.329 e. The third kappa shape index (κ3) is 5.71. The van der Waals surface area contributed by atoms with Crippen LogP contribution in [0, 0.1) is 18.7 Å². The molecule has 0 spiro atoms. The number of carbonyl (C=O) groups is 2. The molecule has 1 aromatic carbocycles. The number of ether oxygens (including phenoxy) is 2. The van der Waals surface area contributed by atoms with Gasteiger partial charge in [-0.1, -0.05) is 26.8 Å². The van der Waals surface area contributed by atoms with Gasteiger partial charge in [-0.2, -0.15) is 0 Å². The van der Waals surface area contributed by atoms with Gasteiger partial charge >= 0.3 is 5.97 Å². The van der Waals surface area contributed by atoms with Crippen molar-refractivity contribution >= 4 is 11.9 Å². The summed E-state index contributed by atoms with van der Waals surface area (Å²) in [5.41, 5.74) is 1.39. The third-order valence-electron chi connectivity index (χ3n) is 5.26. The first-order valence-corrected chi connectivity index (χ1v) is 10.1. The number of benzene rings is 1. The molecule has 0 saturated carbocycles. The molecule has 1 aromatic heterocycles. The second-order valence-electron chi connectivity index (χ2n) is 7.84. The lowest BCUT2D eigenvalue weighted by atomic mass is 9.92. The SMILES string of the molecule is COc1ccnc(C(=O)N[C@H](C(=O)O[C@@H](C)[C@H](C)c2ccc(F)cc2C)C(C)C)c1O. The molecule has 0 saturated heterocycles. The number of rotatable bonds is 8. The van der Waals surface area contributed by atoms with Crippen molar-refractivity contribution < 1.29 is 28.6 Å². The van der Waals surface area contributed by atoms with Gasteiger partial charge in [0.2, 0.25) is 0 Å². The number of aromatic hydroxyl groups is 1. The summed E-state index contributed by atoms with van der Waals surface area (Å²) in [7, 11) is 1.36. The van der Waals surface area contributed by atoms with E-state index in [4.69, 9.17) is 9.47 Å². The quantitative estimate of drug-likeness (QED) is 0.617. The van der Waals surface area contributed by atoms with Crippen LogP contribution in [0.15, 0.2) is 30.5 Å². The Bertz CT molecular complexity index is 948. The molecule has 1 heterocycles. The van der Waals surface area contributed by atoms with E-state index in [0.717, 1.165) is 11.1 Å². The zero-order chi connectivity index (χ0) is 23.3. The smallest absolute Gasteiger partial charge is 0.329 e. The van der Waals surface area contributed by atoms with Crippen LogP contribution in [0.1, 0.15) is 55.2 Å². The number of halogens is 1. The Kier molecular flexibility index (Phi) is 7.96. The lowest BCUT2D eigenvalue weighted by Crippen LogP contribution is -2.46. The Morgan fingerprint density at radius 2 is 1.84 bits per heavy atom. The lowest BCUT2D eigenvalue weighted by molar-refractivity contribution is -0.152. The maximum atomic E-state index is 13.4. The molecule has 0 fully saturated rings. The van der Waals surface area contributed by atoms with Gasteiger partial charge in [-0.3, -0.25) is 4.79 Å². The highest BCUT2D eigenvalue weighted by atomic mass is 19.1. The molecule has 0 aliphatic heterocycles. The van der Waals surface area contributed by atoms with Crippen LogP contribution in [0.3, 0.4) is 0 Å². The van der Waals surface area contributed by atoms with E-state index in [2.05, 4.69) is 10.3 Å². The number of methoxy groups -OCH3 is 1. The largest absolute Gasteiger partial charge is 0.503 e. The second kappa shape index (κ2) is 10.2. The summed E-state index contributed by atoms with van der Waals surface area (Å²) in [5.74, 6) is -2.42. The number of carbonyl (C=O) groups excluding carboxylic acids is 2.